The topological polar surface area (TPSA) is 83.9 Å². The van der Waals surface area contributed by atoms with E-state index < -0.39 is 0 Å². The van der Waals surface area contributed by atoms with E-state index in [0.717, 1.165) is 44.3 Å². The molecule has 4 aromatic rings. The van der Waals surface area contributed by atoms with Crippen molar-refractivity contribution in [3.05, 3.63) is 83.1 Å². The molecule has 176 valence electrons. The van der Waals surface area contributed by atoms with Crippen LogP contribution in [0.25, 0.3) is 22.1 Å². The summed E-state index contributed by atoms with van der Waals surface area (Å²) in [7, 11) is 1.60. The number of esters is 1. The zero-order valence-electron chi connectivity index (χ0n) is 19.7. The van der Waals surface area contributed by atoms with Gasteiger partial charge in [-0.15, -0.1) is 0 Å². The number of ether oxygens (including phenoxy) is 3. The van der Waals surface area contributed by atoms with Gasteiger partial charge in [-0.2, -0.15) is 0 Å². The van der Waals surface area contributed by atoms with Gasteiger partial charge >= 0.3 is 5.97 Å². The summed E-state index contributed by atoms with van der Waals surface area (Å²) in [4.78, 5) is 12.1. The van der Waals surface area contributed by atoms with Crippen LogP contribution in [-0.4, -0.2) is 19.7 Å². The van der Waals surface area contributed by atoms with Gasteiger partial charge in [0.2, 0.25) is 0 Å². The molecule has 34 heavy (non-hydrogen) atoms. The molecule has 0 fully saturated rings. The van der Waals surface area contributed by atoms with Gasteiger partial charge in [-0.25, -0.2) is 0 Å². The maximum Gasteiger partial charge on any atom is 0.310 e. The van der Waals surface area contributed by atoms with Crippen LogP contribution in [0.15, 0.2) is 65.3 Å². The van der Waals surface area contributed by atoms with Crippen molar-refractivity contribution in [3.63, 3.8) is 0 Å². The second kappa shape index (κ2) is 10.4. The minimum Gasteiger partial charge on any atom is -0.497 e. The van der Waals surface area contributed by atoms with Crippen LogP contribution in [0.3, 0.4) is 0 Å². The number of aryl methyl sites for hydroxylation is 1. The van der Waals surface area contributed by atoms with Crippen molar-refractivity contribution in [1.29, 1.82) is 0 Å². The number of carbonyl (C=O) groups is 1. The third-order valence-electron chi connectivity index (χ3n) is 5.71. The third kappa shape index (κ3) is 5.07. The van der Waals surface area contributed by atoms with Crippen molar-refractivity contribution in [2.75, 3.05) is 13.7 Å². The zero-order chi connectivity index (χ0) is 24.1. The summed E-state index contributed by atoms with van der Waals surface area (Å²) in [5.41, 5.74) is 12.5. The highest BCUT2D eigenvalue weighted by atomic mass is 16.5. The van der Waals surface area contributed by atoms with Crippen LogP contribution in [0.5, 0.6) is 11.5 Å². The molecule has 0 bridgehead atoms. The molecule has 0 spiro atoms. The van der Waals surface area contributed by atoms with Gasteiger partial charge in [0.15, 0.2) is 0 Å². The first-order valence-corrected chi connectivity index (χ1v) is 11.3. The van der Waals surface area contributed by atoms with Gasteiger partial charge in [-0.3, -0.25) is 4.79 Å². The molecule has 6 heteroatoms. The van der Waals surface area contributed by atoms with Crippen molar-refractivity contribution in [2.24, 2.45) is 5.73 Å². The Balaban J connectivity index is 1.68. The number of hydrogen-bond donors (Lipinski definition) is 1. The van der Waals surface area contributed by atoms with E-state index in [2.05, 4.69) is 24.3 Å². The highest BCUT2D eigenvalue weighted by molar-refractivity contribution is 5.95. The fourth-order valence-corrected chi connectivity index (χ4v) is 3.95. The second-order valence-electron chi connectivity index (χ2n) is 8.09. The second-order valence-corrected chi connectivity index (χ2v) is 8.09. The Morgan fingerprint density at radius 2 is 1.91 bits per heavy atom. The SMILES string of the molecule is CCOC(=O)Cc1ccc(OC)cc1OCc1cc(-c2cccc(CN)c2)c2occ(C)c2c1. The summed E-state index contributed by atoms with van der Waals surface area (Å²) in [5.74, 6) is 0.946. The van der Waals surface area contributed by atoms with Crippen molar-refractivity contribution in [2.45, 2.75) is 33.4 Å². The number of methoxy groups -OCH3 is 1. The van der Waals surface area contributed by atoms with Gasteiger partial charge < -0.3 is 24.4 Å². The van der Waals surface area contributed by atoms with E-state index in [0.29, 0.717) is 31.3 Å². The minimum atomic E-state index is -0.296. The standard InChI is InChI=1S/C28H29NO5/c1-4-32-27(30)13-22-8-9-23(31-3)14-26(22)33-17-20-11-24-18(2)16-34-28(24)25(12-20)21-7-5-6-19(10-21)15-29/h5-12,14,16H,4,13,15,17,29H2,1-3H3. The molecule has 0 radical (unpaired) electrons. The molecule has 3 aromatic carbocycles. The number of fused-ring (bicyclic) bond motifs is 1. The number of hydrogen-bond acceptors (Lipinski definition) is 6. The number of benzene rings is 3. The fraction of sp³-hybridized carbons (Fsp3) is 0.250. The summed E-state index contributed by atoms with van der Waals surface area (Å²) >= 11 is 0. The molecule has 1 heterocycles. The first-order chi connectivity index (χ1) is 16.5. The van der Waals surface area contributed by atoms with Crippen LogP contribution in [0.2, 0.25) is 0 Å². The Morgan fingerprint density at radius 1 is 1.06 bits per heavy atom. The first kappa shape index (κ1) is 23.4. The molecule has 2 N–H and O–H groups in total. The average Bonchev–Trinajstić information content (AvgIpc) is 3.23. The van der Waals surface area contributed by atoms with Gasteiger partial charge in [0, 0.05) is 29.1 Å². The predicted octanol–water partition coefficient (Wildman–Crippen LogP) is 5.56. The highest BCUT2D eigenvalue weighted by Gasteiger charge is 2.15. The van der Waals surface area contributed by atoms with Crippen LogP contribution in [-0.2, 0) is 29.1 Å². The molecule has 0 unspecified atom stereocenters. The van der Waals surface area contributed by atoms with E-state index in [-0.39, 0.29) is 12.4 Å². The number of nitrogens with two attached hydrogens (primary N) is 1. The fourth-order valence-electron chi connectivity index (χ4n) is 3.95. The van der Waals surface area contributed by atoms with Gasteiger partial charge in [-0.1, -0.05) is 24.3 Å². The molecule has 0 amide bonds. The van der Waals surface area contributed by atoms with E-state index in [1.54, 1.807) is 26.4 Å². The third-order valence-corrected chi connectivity index (χ3v) is 5.71. The van der Waals surface area contributed by atoms with Gasteiger partial charge in [0.1, 0.15) is 23.7 Å². The van der Waals surface area contributed by atoms with Gasteiger partial charge in [0.25, 0.3) is 0 Å². The smallest absolute Gasteiger partial charge is 0.310 e. The molecule has 0 saturated heterocycles. The molecule has 0 saturated carbocycles. The molecule has 6 nitrogen and oxygen atoms in total. The lowest BCUT2D eigenvalue weighted by molar-refractivity contribution is -0.142. The number of rotatable bonds is 9. The van der Waals surface area contributed by atoms with E-state index in [4.69, 9.17) is 24.4 Å². The Kier molecular flexibility index (Phi) is 7.18. The van der Waals surface area contributed by atoms with Crippen molar-refractivity contribution >= 4 is 16.9 Å². The molecular formula is C28H29NO5. The maximum atomic E-state index is 12.1. The molecule has 0 aliphatic rings. The van der Waals surface area contributed by atoms with Crippen LogP contribution in [0.4, 0.5) is 0 Å². The Labute approximate surface area is 199 Å². The lowest BCUT2D eigenvalue weighted by atomic mass is 9.98. The number of furan rings is 1. The molecule has 0 aliphatic heterocycles. The van der Waals surface area contributed by atoms with E-state index in [9.17, 15) is 4.79 Å². The van der Waals surface area contributed by atoms with Gasteiger partial charge in [-0.05, 0) is 60.4 Å². The van der Waals surface area contributed by atoms with E-state index in [1.165, 1.54) is 0 Å². The monoisotopic (exact) mass is 459 g/mol. The summed E-state index contributed by atoms with van der Waals surface area (Å²) in [5, 5.41) is 1.03. The van der Waals surface area contributed by atoms with E-state index in [1.807, 2.05) is 31.2 Å². The Bertz CT molecular complexity index is 1310. The van der Waals surface area contributed by atoms with Crippen LogP contribution >= 0.6 is 0 Å². The average molecular weight is 460 g/mol. The van der Waals surface area contributed by atoms with Crippen molar-refractivity contribution in [3.8, 4) is 22.6 Å². The predicted molar refractivity (Wildman–Crippen MR) is 132 cm³/mol. The first-order valence-electron chi connectivity index (χ1n) is 11.3. The molecule has 0 atom stereocenters. The number of carbonyl (C=O) groups excluding carboxylic acids is 1. The van der Waals surface area contributed by atoms with Crippen LogP contribution < -0.4 is 15.2 Å². The molecule has 0 aliphatic carbocycles. The molecule has 4 rings (SSSR count). The summed E-state index contributed by atoms with van der Waals surface area (Å²) in [6.07, 6.45) is 1.90. The van der Waals surface area contributed by atoms with E-state index >= 15 is 0 Å². The largest absolute Gasteiger partial charge is 0.497 e. The normalized spacial score (nSPS) is 10.9. The summed E-state index contributed by atoms with van der Waals surface area (Å²) < 4.78 is 22.6. The quantitative estimate of drug-likeness (QED) is 0.330. The maximum absolute atomic E-state index is 12.1. The van der Waals surface area contributed by atoms with Gasteiger partial charge in [0.05, 0.1) is 26.4 Å². The van der Waals surface area contributed by atoms with Crippen LogP contribution in [0.1, 0.15) is 29.2 Å². The Hall–Kier alpha value is -3.77. The summed E-state index contributed by atoms with van der Waals surface area (Å²) in [6, 6.07) is 17.7. The lowest BCUT2D eigenvalue weighted by Gasteiger charge is -2.14. The van der Waals surface area contributed by atoms with Crippen molar-refractivity contribution in [1.82, 2.24) is 0 Å². The minimum absolute atomic E-state index is 0.129. The molecular weight excluding hydrogens is 430 g/mol. The zero-order valence-corrected chi connectivity index (χ0v) is 19.7. The highest BCUT2D eigenvalue weighted by Crippen LogP contribution is 2.34. The lowest BCUT2D eigenvalue weighted by Crippen LogP contribution is -2.09. The summed E-state index contributed by atoms with van der Waals surface area (Å²) in [6.45, 7) is 4.93. The molecule has 1 aromatic heterocycles. The Morgan fingerprint density at radius 3 is 2.68 bits per heavy atom. The van der Waals surface area contributed by atoms with Crippen molar-refractivity contribution < 1.29 is 23.4 Å². The van der Waals surface area contributed by atoms with Crippen LogP contribution in [0, 0.1) is 6.92 Å².